The SMILES string of the molecule is C/C=C\c1cc(C(=N)N=C(N)c2ccnc(-n3c4ccccc4c4c5ccccc5ccc43)c2)ccc1C.CC.Cc1ccc2ccccc2c1. The summed E-state index contributed by atoms with van der Waals surface area (Å²) in [4.78, 5) is 9.17. The van der Waals surface area contributed by atoms with E-state index in [2.05, 4.69) is 120 Å². The molecule has 0 fully saturated rings. The molecule has 3 N–H and O–H groups in total. The topological polar surface area (TPSA) is 80.1 Å². The number of para-hydroxylation sites is 1. The van der Waals surface area contributed by atoms with Crippen LogP contribution in [0.25, 0.3) is 55.2 Å². The first kappa shape index (κ1) is 34.5. The van der Waals surface area contributed by atoms with Crippen molar-refractivity contribution in [1.82, 2.24) is 9.55 Å². The summed E-state index contributed by atoms with van der Waals surface area (Å²) in [6.07, 6.45) is 5.76. The first-order valence-electron chi connectivity index (χ1n) is 17.4. The number of fused-ring (bicyclic) bond motifs is 6. The lowest BCUT2D eigenvalue weighted by Crippen LogP contribution is -2.16. The second-order valence-electron chi connectivity index (χ2n) is 12.2. The average Bonchev–Trinajstić information content (AvgIpc) is 3.52. The maximum atomic E-state index is 8.58. The molecule has 0 aliphatic carbocycles. The Morgan fingerprint density at radius 3 is 2.16 bits per heavy atom. The van der Waals surface area contributed by atoms with Crippen LogP contribution < -0.4 is 5.73 Å². The number of nitrogens with one attached hydrogen (secondary N) is 1. The Hall–Kier alpha value is -6.33. The zero-order valence-electron chi connectivity index (χ0n) is 29.9. The van der Waals surface area contributed by atoms with Crippen LogP contribution in [0, 0.1) is 19.3 Å². The molecule has 0 atom stereocenters. The van der Waals surface area contributed by atoms with E-state index >= 15 is 0 Å². The fourth-order valence-electron chi connectivity index (χ4n) is 6.39. The molecule has 2 heterocycles. The fraction of sp³-hybridized carbons (Fsp3) is 0.109. The van der Waals surface area contributed by atoms with Crippen molar-refractivity contribution in [3.05, 3.63) is 174 Å². The second-order valence-corrected chi connectivity index (χ2v) is 12.2. The van der Waals surface area contributed by atoms with Crippen LogP contribution in [-0.4, -0.2) is 21.2 Å². The van der Waals surface area contributed by atoms with Crippen molar-refractivity contribution in [2.75, 3.05) is 0 Å². The summed E-state index contributed by atoms with van der Waals surface area (Å²) in [7, 11) is 0. The quantitative estimate of drug-likeness (QED) is 0.145. The number of pyridine rings is 1. The van der Waals surface area contributed by atoms with Crippen molar-refractivity contribution in [1.29, 1.82) is 5.41 Å². The molecule has 0 saturated carbocycles. The van der Waals surface area contributed by atoms with E-state index in [1.807, 2.05) is 69.3 Å². The van der Waals surface area contributed by atoms with Crippen LogP contribution in [0.2, 0.25) is 0 Å². The third-order valence-corrected chi connectivity index (χ3v) is 8.87. The van der Waals surface area contributed by atoms with Crippen LogP contribution in [0.4, 0.5) is 0 Å². The van der Waals surface area contributed by atoms with Crippen molar-refractivity contribution in [3.8, 4) is 5.82 Å². The van der Waals surface area contributed by atoms with Crippen molar-refractivity contribution in [2.45, 2.75) is 34.6 Å². The predicted molar refractivity (Wildman–Crippen MR) is 220 cm³/mol. The summed E-state index contributed by atoms with van der Waals surface area (Å²) < 4.78 is 2.17. The van der Waals surface area contributed by atoms with Crippen LogP contribution in [0.5, 0.6) is 0 Å². The summed E-state index contributed by atoms with van der Waals surface area (Å²) in [5.41, 5.74) is 13.6. The molecule has 51 heavy (non-hydrogen) atoms. The van der Waals surface area contributed by atoms with Gasteiger partial charge in [-0.25, -0.2) is 9.98 Å². The molecule has 0 saturated heterocycles. The zero-order valence-corrected chi connectivity index (χ0v) is 29.9. The molecule has 5 heteroatoms. The number of aliphatic imine (C=N–C) groups is 1. The molecule has 6 aromatic carbocycles. The van der Waals surface area contributed by atoms with E-state index in [1.165, 1.54) is 37.9 Å². The van der Waals surface area contributed by atoms with Crippen molar-refractivity contribution in [3.63, 3.8) is 0 Å². The van der Waals surface area contributed by atoms with E-state index < -0.39 is 0 Å². The van der Waals surface area contributed by atoms with Crippen LogP contribution in [-0.2, 0) is 0 Å². The number of nitrogens with two attached hydrogens (primary N) is 1. The number of rotatable bonds is 4. The summed E-state index contributed by atoms with van der Waals surface area (Å²) in [6, 6.07) is 45.7. The highest BCUT2D eigenvalue weighted by molar-refractivity contribution is 6.21. The molecular formula is C46H43N5. The largest absolute Gasteiger partial charge is 0.383 e. The minimum atomic E-state index is 0.120. The van der Waals surface area contributed by atoms with Crippen molar-refractivity contribution < 1.29 is 0 Å². The second kappa shape index (κ2) is 15.5. The lowest BCUT2D eigenvalue weighted by Gasteiger charge is -2.10. The standard InChI is InChI=1S/C33H27N5.C11H10.C2H6/c1-3-8-23-19-24(14-13-21(23)2)32(34)37-33(35)25-17-18-36-30(20-25)38-28-12-7-6-11-27(28)31-26-10-5-4-9-22(26)15-16-29(31)38;1-9-6-7-10-4-2-3-5-11(10)8-9;1-2/h3-20H,1-2H3,(H3,34,35,37);2-8H,1H3;1-2H3/b8-3-;;. The molecule has 0 bridgehead atoms. The Morgan fingerprint density at radius 1 is 0.686 bits per heavy atom. The first-order chi connectivity index (χ1) is 24.9. The minimum absolute atomic E-state index is 0.120. The van der Waals surface area contributed by atoms with E-state index in [0.717, 1.165) is 33.5 Å². The number of amidine groups is 2. The summed E-state index contributed by atoms with van der Waals surface area (Å²) in [6.45, 7) is 10.1. The third-order valence-electron chi connectivity index (χ3n) is 8.87. The normalized spacial score (nSPS) is 11.4. The molecule has 0 aliphatic rings. The molecule has 252 valence electrons. The Morgan fingerprint density at radius 2 is 1.37 bits per heavy atom. The number of nitrogens with zero attached hydrogens (tertiary/aromatic N) is 3. The number of hydrogen-bond acceptors (Lipinski definition) is 2. The molecule has 8 rings (SSSR count). The molecule has 0 aliphatic heterocycles. The summed E-state index contributed by atoms with van der Waals surface area (Å²) in [5.74, 6) is 1.15. The number of allylic oxidation sites excluding steroid dienone is 1. The highest BCUT2D eigenvalue weighted by Gasteiger charge is 2.16. The Labute approximate surface area is 299 Å². The van der Waals surface area contributed by atoms with Gasteiger partial charge in [-0.3, -0.25) is 9.98 Å². The fourth-order valence-corrected chi connectivity index (χ4v) is 6.39. The molecule has 0 spiro atoms. The van der Waals surface area contributed by atoms with Gasteiger partial charge in [0, 0.05) is 28.1 Å². The van der Waals surface area contributed by atoms with Gasteiger partial charge in [0.15, 0.2) is 5.84 Å². The molecule has 0 radical (unpaired) electrons. The maximum Gasteiger partial charge on any atom is 0.154 e. The van der Waals surface area contributed by atoms with Gasteiger partial charge in [-0.15, -0.1) is 0 Å². The van der Waals surface area contributed by atoms with Gasteiger partial charge < -0.3 is 5.73 Å². The molecule has 5 nitrogen and oxygen atoms in total. The molecule has 2 aromatic heterocycles. The number of benzene rings is 6. The highest BCUT2D eigenvalue weighted by Crippen LogP contribution is 2.36. The van der Waals surface area contributed by atoms with Crippen molar-refractivity contribution >= 4 is 61.1 Å². The average molecular weight is 666 g/mol. The minimum Gasteiger partial charge on any atom is -0.383 e. The van der Waals surface area contributed by atoms with Crippen LogP contribution >= 0.6 is 0 Å². The van der Waals surface area contributed by atoms with Gasteiger partial charge in [0.25, 0.3) is 0 Å². The molecule has 8 aromatic rings. The highest BCUT2D eigenvalue weighted by atomic mass is 15.1. The lowest BCUT2D eigenvalue weighted by atomic mass is 10.0. The van der Waals surface area contributed by atoms with Gasteiger partial charge in [0.2, 0.25) is 0 Å². The maximum absolute atomic E-state index is 8.58. The number of hydrogen-bond donors (Lipinski definition) is 2. The Bertz CT molecular complexity index is 2570. The van der Waals surface area contributed by atoms with E-state index in [-0.39, 0.29) is 11.7 Å². The van der Waals surface area contributed by atoms with E-state index in [1.54, 1.807) is 6.20 Å². The number of aromatic nitrogens is 2. The van der Waals surface area contributed by atoms with Crippen LogP contribution in [0.15, 0.2) is 151 Å². The van der Waals surface area contributed by atoms with E-state index in [9.17, 15) is 0 Å². The summed E-state index contributed by atoms with van der Waals surface area (Å²) in [5, 5.41) is 16.0. The van der Waals surface area contributed by atoms with Gasteiger partial charge in [0.1, 0.15) is 11.7 Å². The molecule has 0 amide bonds. The van der Waals surface area contributed by atoms with Gasteiger partial charge >= 0.3 is 0 Å². The van der Waals surface area contributed by atoms with Crippen molar-refractivity contribution in [2.24, 2.45) is 10.7 Å². The Kier molecular flexibility index (Phi) is 10.5. The lowest BCUT2D eigenvalue weighted by molar-refractivity contribution is 1.08. The predicted octanol–water partition coefficient (Wildman–Crippen LogP) is 11.6. The summed E-state index contributed by atoms with van der Waals surface area (Å²) >= 11 is 0. The smallest absolute Gasteiger partial charge is 0.154 e. The number of aryl methyl sites for hydroxylation is 2. The molecule has 0 unspecified atom stereocenters. The van der Waals surface area contributed by atoms with Crippen LogP contribution in [0.3, 0.4) is 0 Å². The first-order valence-corrected chi connectivity index (χ1v) is 17.4. The Balaban J connectivity index is 0.000000290. The zero-order chi connectivity index (χ0) is 35.9. The van der Waals surface area contributed by atoms with E-state index in [0.29, 0.717) is 5.56 Å². The monoisotopic (exact) mass is 665 g/mol. The van der Waals surface area contributed by atoms with Gasteiger partial charge in [-0.2, -0.15) is 0 Å². The molecular weight excluding hydrogens is 623 g/mol. The third kappa shape index (κ3) is 7.19. The van der Waals surface area contributed by atoms with Gasteiger partial charge in [-0.1, -0.05) is 135 Å². The van der Waals surface area contributed by atoms with Gasteiger partial charge in [-0.05, 0) is 83.8 Å². The van der Waals surface area contributed by atoms with E-state index in [4.69, 9.17) is 16.1 Å². The van der Waals surface area contributed by atoms with Crippen LogP contribution in [0.1, 0.15) is 48.6 Å². The van der Waals surface area contributed by atoms with Gasteiger partial charge in [0.05, 0.1) is 11.0 Å².